The summed E-state index contributed by atoms with van der Waals surface area (Å²) < 4.78 is 25.6. The Balaban J connectivity index is 2.80. The predicted octanol–water partition coefficient (Wildman–Crippen LogP) is 1.95. The van der Waals surface area contributed by atoms with E-state index >= 15 is 0 Å². The van der Waals surface area contributed by atoms with Gasteiger partial charge in [-0.1, -0.05) is 13.3 Å². The number of carbonyl (C=O) groups is 2. The fraction of sp³-hybridized carbons (Fsp3) is 0.333. The Bertz CT molecular complexity index is 463. The maximum Gasteiger partial charge on any atom is 0.326 e. The van der Waals surface area contributed by atoms with Gasteiger partial charge in [0.15, 0.2) is 11.6 Å². The summed E-state index contributed by atoms with van der Waals surface area (Å²) in [6, 6.07) is 1.61. The number of hydrogen-bond acceptors (Lipinski definition) is 2. The summed E-state index contributed by atoms with van der Waals surface area (Å²) in [5.74, 6) is -4.11. The zero-order chi connectivity index (χ0) is 13.7. The number of benzene rings is 1. The Morgan fingerprint density at radius 3 is 2.50 bits per heavy atom. The van der Waals surface area contributed by atoms with Crippen LogP contribution in [0.15, 0.2) is 18.2 Å². The van der Waals surface area contributed by atoms with E-state index in [-0.39, 0.29) is 12.0 Å². The molecular formula is C12H13F2NO3. The molecule has 0 saturated carbocycles. The maximum atomic E-state index is 12.9. The molecule has 0 unspecified atom stereocenters. The van der Waals surface area contributed by atoms with Crippen LogP contribution in [-0.4, -0.2) is 23.0 Å². The Labute approximate surface area is 103 Å². The lowest BCUT2D eigenvalue weighted by molar-refractivity contribution is -0.139. The molecule has 0 bridgehead atoms. The molecule has 6 heteroatoms. The van der Waals surface area contributed by atoms with Crippen molar-refractivity contribution in [3.8, 4) is 0 Å². The summed E-state index contributed by atoms with van der Waals surface area (Å²) in [5.41, 5.74) is -0.115. The molecule has 98 valence electrons. The summed E-state index contributed by atoms with van der Waals surface area (Å²) in [5, 5.41) is 11.1. The molecule has 0 radical (unpaired) electrons. The average molecular weight is 257 g/mol. The van der Waals surface area contributed by atoms with Crippen LogP contribution in [0, 0.1) is 11.6 Å². The largest absolute Gasteiger partial charge is 0.480 e. The summed E-state index contributed by atoms with van der Waals surface area (Å²) in [4.78, 5) is 22.5. The molecule has 4 nitrogen and oxygen atoms in total. The van der Waals surface area contributed by atoms with Crippen LogP contribution in [0.1, 0.15) is 30.1 Å². The summed E-state index contributed by atoms with van der Waals surface area (Å²) in [7, 11) is 0. The molecule has 1 aromatic rings. The van der Waals surface area contributed by atoms with E-state index in [1.807, 2.05) is 0 Å². The number of amides is 1. The van der Waals surface area contributed by atoms with Gasteiger partial charge in [0, 0.05) is 5.56 Å². The standard InChI is InChI=1S/C12H13F2NO3/c1-2-3-10(12(17)18)15-11(16)7-4-5-8(13)9(14)6-7/h4-6,10H,2-3H2,1H3,(H,15,16)(H,17,18)/t10-/m0/s1. The van der Waals surface area contributed by atoms with E-state index in [1.54, 1.807) is 6.92 Å². The smallest absolute Gasteiger partial charge is 0.326 e. The Kier molecular flexibility index (Phi) is 4.76. The third kappa shape index (κ3) is 3.51. The van der Waals surface area contributed by atoms with Crippen LogP contribution < -0.4 is 5.32 Å². The monoisotopic (exact) mass is 257 g/mol. The van der Waals surface area contributed by atoms with Gasteiger partial charge < -0.3 is 10.4 Å². The minimum atomic E-state index is -1.16. The van der Waals surface area contributed by atoms with E-state index in [2.05, 4.69) is 5.32 Å². The van der Waals surface area contributed by atoms with Gasteiger partial charge >= 0.3 is 5.97 Å². The molecule has 0 aliphatic rings. The molecule has 18 heavy (non-hydrogen) atoms. The summed E-state index contributed by atoms with van der Waals surface area (Å²) in [6.07, 6.45) is 0.847. The number of aliphatic carboxylic acids is 1. The molecule has 0 fully saturated rings. The van der Waals surface area contributed by atoms with Crippen LogP contribution in [0.25, 0.3) is 0 Å². The van der Waals surface area contributed by atoms with Gasteiger partial charge in [-0.05, 0) is 24.6 Å². The molecule has 1 rings (SSSR count). The first kappa shape index (κ1) is 14.1. The van der Waals surface area contributed by atoms with Gasteiger partial charge in [-0.15, -0.1) is 0 Å². The third-order valence-electron chi connectivity index (χ3n) is 2.36. The van der Waals surface area contributed by atoms with Crippen LogP contribution >= 0.6 is 0 Å². The second kappa shape index (κ2) is 6.09. The van der Waals surface area contributed by atoms with Crippen molar-refractivity contribution in [2.24, 2.45) is 0 Å². The number of rotatable bonds is 5. The summed E-state index contributed by atoms with van der Waals surface area (Å²) in [6.45, 7) is 1.78. The van der Waals surface area contributed by atoms with Gasteiger partial charge in [0.25, 0.3) is 5.91 Å². The van der Waals surface area contributed by atoms with Crippen LogP contribution in [0.3, 0.4) is 0 Å². The van der Waals surface area contributed by atoms with Gasteiger partial charge in [-0.2, -0.15) is 0 Å². The molecule has 0 aliphatic carbocycles. The van der Waals surface area contributed by atoms with Crippen molar-refractivity contribution in [2.45, 2.75) is 25.8 Å². The molecule has 0 aromatic heterocycles. The zero-order valence-electron chi connectivity index (χ0n) is 9.74. The zero-order valence-corrected chi connectivity index (χ0v) is 9.74. The Morgan fingerprint density at radius 1 is 1.33 bits per heavy atom. The van der Waals surface area contributed by atoms with E-state index in [4.69, 9.17) is 5.11 Å². The van der Waals surface area contributed by atoms with Crippen molar-refractivity contribution in [1.29, 1.82) is 0 Å². The van der Waals surface area contributed by atoms with Crippen molar-refractivity contribution in [3.63, 3.8) is 0 Å². The number of nitrogens with one attached hydrogen (secondary N) is 1. The molecule has 1 aromatic carbocycles. The predicted molar refractivity (Wildman–Crippen MR) is 60.2 cm³/mol. The first-order chi connectivity index (χ1) is 8.45. The van der Waals surface area contributed by atoms with E-state index in [0.29, 0.717) is 6.42 Å². The first-order valence-corrected chi connectivity index (χ1v) is 5.44. The maximum absolute atomic E-state index is 12.9. The second-order valence-corrected chi connectivity index (χ2v) is 3.78. The molecule has 0 saturated heterocycles. The number of carboxylic acid groups (broad SMARTS) is 1. The number of carboxylic acids is 1. The number of carbonyl (C=O) groups excluding carboxylic acids is 1. The lowest BCUT2D eigenvalue weighted by Gasteiger charge is -2.13. The van der Waals surface area contributed by atoms with Crippen molar-refractivity contribution >= 4 is 11.9 Å². The quantitative estimate of drug-likeness (QED) is 0.847. The average Bonchev–Trinajstić information content (AvgIpc) is 2.31. The van der Waals surface area contributed by atoms with Crippen LogP contribution in [-0.2, 0) is 4.79 Å². The Morgan fingerprint density at radius 2 is 2.00 bits per heavy atom. The van der Waals surface area contributed by atoms with Gasteiger partial charge in [0.05, 0.1) is 0 Å². The van der Waals surface area contributed by atoms with E-state index in [1.165, 1.54) is 0 Å². The van der Waals surface area contributed by atoms with E-state index < -0.39 is 29.6 Å². The van der Waals surface area contributed by atoms with Crippen molar-refractivity contribution in [1.82, 2.24) is 5.32 Å². The topological polar surface area (TPSA) is 66.4 Å². The highest BCUT2D eigenvalue weighted by molar-refractivity contribution is 5.96. The molecule has 0 spiro atoms. The molecule has 1 amide bonds. The van der Waals surface area contributed by atoms with Crippen molar-refractivity contribution in [3.05, 3.63) is 35.4 Å². The number of halogens is 2. The van der Waals surface area contributed by atoms with Crippen LogP contribution in [0.4, 0.5) is 8.78 Å². The van der Waals surface area contributed by atoms with Gasteiger partial charge in [-0.3, -0.25) is 4.79 Å². The molecule has 0 heterocycles. The molecule has 2 N–H and O–H groups in total. The molecule has 0 aliphatic heterocycles. The fourth-order valence-electron chi connectivity index (χ4n) is 1.43. The van der Waals surface area contributed by atoms with Gasteiger partial charge in [-0.25, -0.2) is 13.6 Å². The second-order valence-electron chi connectivity index (χ2n) is 3.78. The Hall–Kier alpha value is -1.98. The minimum absolute atomic E-state index is 0.115. The third-order valence-corrected chi connectivity index (χ3v) is 2.36. The first-order valence-electron chi connectivity index (χ1n) is 5.44. The van der Waals surface area contributed by atoms with Crippen LogP contribution in [0.2, 0.25) is 0 Å². The van der Waals surface area contributed by atoms with Crippen molar-refractivity contribution < 1.29 is 23.5 Å². The van der Waals surface area contributed by atoms with Gasteiger partial charge in [0.2, 0.25) is 0 Å². The summed E-state index contributed by atoms with van der Waals surface area (Å²) >= 11 is 0. The highest BCUT2D eigenvalue weighted by atomic mass is 19.2. The SMILES string of the molecule is CCC[C@H](NC(=O)c1ccc(F)c(F)c1)C(=O)O. The van der Waals surface area contributed by atoms with Crippen molar-refractivity contribution in [2.75, 3.05) is 0 Å². The highest BCUT2D eigenvalue weighted by Gasteiger charge is 2.20. The normalized spacial score (nSPS) is 11.9. The van der Waals surface area contributed by atoms with E-state index in [9.17, 15) is 18.4 Å². The molecule has 1 atom stereocenters. The van der Waals surface area contributed by atoms with E-state index in [0.717, 1.165) is 18.2 Å². The van der Waals surface area contributed by atoms with Crippen LogP contribution in [0.5, 0.6) is 0 Å². The fourth-order valence-corrected chi connectivity index (χ4v) is 1.43. The van der Waals surface area contributed by atoms with Gasteiger partial charge in [0.1, 0.15) is 6.04 Å². The lowest BCUT2D eigenvalue weighted by atomic mass is 10.1. The number of hydrogen-bond donors (Lipinski definition) is 2. The molecular weight excluding hydrogens is 244 g/mol. The highest BCUT2D eigenvalue weighted by Crippen LogP contribution is 2.09. The minimum Gasteiger partial charge on any atom is -0.480 e. The lowest BCUT2D eigenvalue weighted by Crippen LogP contribution is -2.40.